The van der Waals surface area contributed by atoms with Crippen LogP contribution in [0.3, 0.4) is 0 Å². The minimum absolute atomic E-state index is 0.278. The van der Waals surface area contributed by atoms with Crippen molar-refractivity contribution in [2.45, 2.75) is 45.1 Å². The topological polar surface area (TPSA) is 46.2 Å². The Morgan fingerprint density at radius 2 is 2.11 bits per heavy atom. The maximum Gasteiger partial charge on any atom is 0.123 e. The summed E-state index contributed by atoms with van der Waals surface area (Å²) in [5.74, 6) is 0.449. The summed E-state index contributed by atoms with van der Waals surface area (Å²) >= 11 is 0. The average Bonchev–Trinajstić information content (AvgIpc) is 2.46. The number of hydrogen-bond donors (Lipinski definition) is 2. The van der Waals surface area contributed by atoms with Gasteiger partial charge in [0.25, 0.3) is 0 Å². The van der Waals surface area contributed by atoms with E-state index >= 15 is 0 Å². The average molecular weight is 265 g/mol. The molecule has 106 valence electrons. The highest BCUT2D eigenvalue weighted by Gasteiger charge is 2.40. The lowest BCUT2D eigenvalue weighted by molar-refractivity contribution is -0.0105. The molecule has 3 heteroatoms. The van der Waals surface area contributed by atoms with Gasteiger partial charge in [0, 0.05) is 12.0 Å². The van der Waals surface area contributed by atoms with Gasteiger partial charge in [0.2, 0.25) is 0 Å². The summed E-state index contributed by atoms with van der Waals surface area (Å²) in [6.45, 7) is 2.67. The van der Waals surface area contributed by atoms with Crippen LogP contribution >= 0.6 is 0 Å². The molecule has 0 radical (unpaired) electrons. The summed E-state index contributed by atoms with van der Waals surface area (Å²) in [5, 5.41) is 10.6. The van der Waals surface area contributed by atoms with Crippen LogP contribution in [0, 0.1) is 17.2 Å². The van der Waals surface area contributed by atoms with Crippen LogP contribution < -0.4 is 5.73 Å². The molecular weight excluding hydrogens is 241 g/mol. The van der Waals surface area contributed by atoms with Gasteiger partial charge in [0.1, 0.15) is 5.82 Å². The summed E-state index contributed by atoms with van der Waals surface area (Å²) in [6.07, 6.45) is 4.61. The molecule has 0 saturated heterocycles. The van der Waals surface area contributed by atoms with E-state index in [2.05, 4.69) is 6.92 Å². The van der Waals surface area contributed by atoms with Crippen molar-refractivity contribution in [2.75, 3.05) is 6.54 Å². The minimum Gasteiger partial charge on any atom is -0.388 e. The minimum atomic E-state index is -0.661. The fourth-order valence-corrected chi connectivity index (χ4v) is 3.28. The van der Waals surface area contributed by atoms with Gasteiger partial charge in [-0.2, -0.15) is 0 Å². The maximum absolute atomic E-state index is 13.3. The van der Waals surface area contributed by atoms with Crippen molar-refractivity contribution in [1.29, 1.82) is 0 Å². The van der Waals surface area contributed by atoms with Crippen molar-refractivity contribution < 1.29 is 9.50 Å². The third-order valence-electron chi connectivity index (χ3n) is 4.83. The molecule has 1 unspecified atom stereocenters. The first kappa shape index (κ1) is 14.5. The van der Waals surface area contributed by atoms with Crippen LogP contribution in [0.4, 0.5) is 4.39 Å². The quantitative estimate of drug-likeness (QED) is 0.876. The van der Waals surface area contributed by atoms with Crippen LogP contribution in [0.25, 0.3) is 0 Å². The molecule has 2 rings (SSSR count). The summed E-state index contributed by atoms with van der Waals surface area (Å²) in [4.78, 5) is 0. The van der Waals surface area contributed by atoms with Crippen molar-refractivity contribution in [3.63, 3.8) is 0 Å². The van der Waals surface area contributed by atoms with Crippen LogP contribution in [0.1, 0.15) is 50.7 Å². The predicted octanol–water partition coefficient (Wildman–Crippen LogP) is 3.40. The standard InChI is InChI=1S/C16H24FNO/c1-2-12-6-8-16(11-18,9-7-12)15(19)13-4-3-5-14(17)10-13/h3-5,10,12,15,19H,2,6-9,11,18H2,1H3. The van der Waals surface area contributed by atoms with Crippen LogP contribution in [-0.4, -0.2) is 11.7 Å². The van der Waals surface area contributed by atoms with Gasteiger partial charge in [-0.3, -0.25) is 0 Å². The van der Waals surface area contributed by atoms with Gasteiger partial charge in [0.05, 0.1) is 6.10 Å². The largest absolute Gasteiger partial charge is 0.388 e. The molecule has 0 bridgehead atoms. The highest BCUT2D eigenvalue weighted by molar-refractivity contribution is 5.21. The molecule has 1 aromatic carbocycles. The van der Waals surface area contributed by atoms with Crippen LogP contribution in [0.5, 0.6) is 0 Å². The fraction of sp³-hybridized carbons (Fsp3) is 0.625. The SMILES string of the molecule is CCC1CCC(CN)(C(O)c2cccc(F)c2)CC1. The van der Waals surface area contributed by atoms with E-state index in [0.29, 0.717) is 12.1 Å². The van der Waals surface area contributed by atoms with Gasteiger partial charge in [-0.05, 0) is 49.3 Å². The third kappa shape index (κ3) is 2.98. The first-order chi connectivity index (χ1) is 9.11. The highest BCUT2D eigenvalue weighted by Crippen LogP contribution is 2.47. The van der Waals surface area contributed by atoms with Gasteiger partial charge >= 0.3 is 0 Å². The zero-order valence-corrected chi connectivity index (χ0v) is 11.6. The van der Waals surface area contributed by atoms with Crippen molar-refractivity contribution in [2.24, 2.45) is 17.1 Å². The number of aliphatic hydroxyl groups is 1. The zero-order valence-electron chi connectivity index (χ0n) is 11.6. The molecule has 1 aromatic rings. The van der Waals surface area contributed by atoms with E-state index in [-0.39, 0.29) is 11.2 Å². The molecule has 0 aromatic heterocycles. The van der Waals surface area contributed by atoms with E-state index in [1.807, 2.05) is 0 Å². The van der Waals surface area contributed by atoms with Crippen LogP contribution in [-0.2, 0) is 0 Å². The van der Waals surface area contributed by atoms with Gasteiger partial charge in [-0.25, -0.2) is 4.39 Å². The predicted molar refractivity (Wildman–Crippen MR) is 75.1 cm³/mol. The molecule has 2 nitrogen and oxygen atoms in total. The summed E-state index contributed by atoms with van der Waals surface area (Å²) in [7, 11) is 0. The Morgan fingerprint density at radius 3 is 2.63 bits per heavy atom. The van der Waals surface area contributed by atoms with Crippen LogP contribution in [0.2, 0.25) is 0 Å². The van der Waals surface area contributed by atoms with Crippen molar-refractivity contribution in [1.82, 2.24) is 0 Å². The van der Waals surface area contributed by atoms with Crippen molar-refractivity contribution >= 4 is 0 Å². The molecule has 1 aliphatic rings. The van der Waals surface area contributed by atoms with E-state index in [1.54, 1.807) is 12.1 Å². The summed E-state index contributed by atoms with van der Waals surface area (Å²) in [6, 6.07) is 6.26. The van der Waals surface area contributed by atoms with E-state index < -0.39 is 6.10 Å². The first-order valence-electron chi connectivity index (χ1n) is 7.25. The highest BCUT2D eigenvalue weighted by atomic mass is 19.1. The molecule has 0 spiro atoms. The third-order valence-corrected chi connectivity index (χ3v) is 4.83. The Morgan fingerprint density at radius 1 is 1.42 bits per heavy atom. The Hall–Kier alpha value is -0.930. The van der Waals surface area contributed by atoms with Crippen molar-refractivity contribution in [3.05, 3.63) is 35.6 Å². The second-order valence-corrected chi connectivity index (χ2v) is 5.88. The fourth-order valence-electron chi connectivity index (χ4n) is 3.28. The molecule has 19 heavy (non-hydrogen) atoms. The second kappa shape index (κ2) is 6.02. The smallest absolute Gasteiger partial charge is 0.123 e. The zero-order chi connectivity index (χ0) is 13.9. The maximum atomic E-state index is 13.3. The number of halogens is 1. The van der Waals surface area contributed by atoms with E-state index in [4.69, 9.17) is 5.73 Å². The number of benzene rings is 1. The monoisotopic (exact) mass is 265 g/mol. The van der Waals surface area contributed by atoms with Crippen molar-refractivity contribution in [3.8, 4) is 0 Å². The van der Waals surface area contributed by atoms with Crippen LogP contribution in [0.15, 0.2) is 24.3 Å². The number of aliphatic hydroxyl groups excluding tert-OH is 1. The lowest BCUT2D eigenvalue weighted by Gasteiger charge is -2.43. The Balaban J connectivity index is 2.17. The van der Waals surface area contributed by atoms with Gasteiger partial charge in [0.15, 0.2) is 0 Å². The molecule has 0 amide bonds. The lowest BCUT2D eigenvalue weighted by Crippen LogP contribution is -2.40. The Bertz CT molecular complexity index is 413. The number of hydrogen-bond acceptors (Lipinski definition) is 2. The molecule has 0 heterocycles. The molecular formula is C16H24FNO. The second-order valence-electron chi connectivity index (χ2n) is 5.88. The number of nitrogens with two attached hydrogens (primary N) is 1. The molecule has 1 aliphatic carbocycles. The van der Waals surface area contributed by atoms with E-state index in [9.17, 15) is 9.50 Å². The lowest BCUT2D eigenvalue weighted by atomic mass is 9.65. The van der Waals surface area contributed by atoms with Gasteiger partial charge in [-0.15, -0.1) is 0 Å². The molecule has 1 saturated carbocycles. The summed E-state index contributed by atoms with van der Waals surface area (Å²) in [5.41, 5.74) is 6.32. The van der Waals surface area contributed by atoms with E-state index in [1.165, 1.54) is 18.6 Å². The van der Waals surface area contributed by atoms with E-state index in [0.717, 1.165) is 31.6 Å². The molecule has 1 fully saturated rings. The van der Waals surface area contributed by atoms with Gasteiger partial charge < -0.3 is 10.8 Å². The Kier molecular flexibility index (Phi) is 4.58. The Labute approximate surface area is 114 Å². The first-order valence-corrected chi connectivity index (χ1v) is 7.25. The summed E-state index contributed by atoms with van der Waals surface area (Å²) < 4.78 is 13.3. The molecule has 1 atom stereocenters. The molecule has 0 aliphatic heterocycles. The number of rotatable bonds is 4. The van der Waals surface area contributed by atoms with Gasteiger partial charge in [-0.1, -0.05) is 25.5 Å². The molecule has 3 N–H and O–H groups in total. The normalized spacial score (nSPS) is 29.2.